The second-order valence-electron chi connectivity index (χ2n) is 8.01. The molecule has 5 nitrogen and oxygen atoms in total. The van der Waals surface area contributed by atoms with Gasteiger partial charge in [-0.05, 0) is 48.2 Å². The van der Waals surface area contributed by atoms with Gasteiger partial charge in [-0.2, -0.15) is 0 Å². The van der Waals surface area contributed by atoms with E-state index in [0.29, 0.717) is 16.8 Å². The molecule has 0 saturated heterocycles. The summed E-state index contributed by atoms with van der Waals surface area (Å²) in [7, 11) is 0. The van der Waals surface area contributed by atoms with E-state index in [1.54, 1.807) is 36.5 Å². The van der Waals surface area contributed by atoms with E-state index >= 15 is 0 Å². The van der Waals surface area contributed by atoms with Gasteiger partial charge in [-0.25, -0.2) is 0 Å². The van der Waals surface area contributed by atoms with Crippen LogP contribution >= 0.6 is 0 Å². The SMILES string of the molecule is CC(=O)c1cccc(NC(=O)c2cncc(Nc3ccc(C(C)(C)C)cc3)c2)c1. The number of nitrogens with zero attached hydrogens (tertiary/aromatic N) is 1. The van der Waals surface area contributed by atoms with Crippen molar-refractivity contribution in [1.29, 1.82) is 0 Å². The number of hydrogen-bond donors (Lipinski definition) is 2. The molecule has 0 fully saturated rings. The molecule has 2 aromatic carbocycles. The Bertz CT molecular complexity index is 1030. The van der Waals surface area contributed by atoms with Crippen LogP contribution in [0.5, 0.6) is 0 Å². The highest BCUT2D eigenvalue weighted by Gasteiger charge is 2.13. The number of benzene rings is 2. The Kier molecular flexibility index (Phi) is 5.78. The number of pyridine rings is 1. The normalized spacial score (nSPS) is 11.0. The zero-order valence-electron chi connectivity index (χ0n) is 17.1. The highest BCUT2D eigenvalue weighted by atomic mass is 16.1. The third kappa shape index (κ3) is 5.29. The highest BCUT2D eigenvalue weighted by molar-refractivity contribution is 6.05. The predicted octanol–water partition coefficient (Wildman–Crippen LogP) is 5.58. The van der Waals surface area contributed by atoms with Crippen molar-refractivity contribution in [1.82, 2.24) is 4.98 Å². The molecule has 5 heteroatoms. The van der Waals surface area contributed by atoms with Gasteiger partial charge in [0.15, 0.2) is 5.78 Å². The highest BCUT2D eigenvalue weighted by Crippen LogP contribution is 2.25. The molecule has 0 spiro atoms. The van der Waals surface area contributed by atoms with Crippen LogP contribution < -0.4 is 10.6 Å². The lowest BCUT2D eigenvalue weighted by Crippen LogP contribution is -2.13. The van der Waals surface area contributed by atoms with Crippen molar-refractivity contribution in [2.75, 3.05) is 10.6 Å². The Labute approximate surface area is 171 Å². The maximum atomic E-state index is 12.6. The van der Waals surface area contributed by atoms with Crippen LogP contribution in [0.3, 0.4) is 0 Å². The largest absolute Gasteiger partial charge is 0.354 e. The van der Waals surface area contributed by atoms with Gasteiger partial charge in [0.2, 0.25) is 0 Å². The number of hydrogen-bond acceptors (Lipinski definition) is 4. The fourth-order valence-electron chi connectivity index (χ4n) is 2.87. The van der Waals surface area contributed by atoms with E-state index in [4.69, 9.17) is 0 Å². The molecule has 29 heavy (non-hydrogen) atoms. The number of carbonyl (C=O) groups is 2. The van der Waals surface area contributed by atoms with Crippen LogP contribution in [0.25, 0.3) is 0 Å². The predicted molar refractivity (Wildman–Crippen MR) is 117 cm³/mol. The van der Waals surface area contributed by atoms with Crippen LogP contribution in [0.2, 0.25) is 0 Å². The summed E-state index contributed by atoms with van der Waals surface area (Å²) in [5, 5.41) is 6.09. The standard InChI is InChI=1S/C24H25N3O2/c1-16(28)17-6-5-7-21(12-17)27-23(29)18-13-22(15-25-14-18)26-20-10-8-19(9-11-20)24(2,3)4/h5-15,26H,1-4H3,(H,27,29). The van der Waals surface area contributed by atoms with E-state index in [1.165, 1.54) is 18.7 Å². The van der Waals surface area contributed by atoms with E-state index in [0.717, 1.165) is 11.4 Å². The smallest absolute Gasteiger partial charge is 0.257 e. The summed E-state index contributed by atoms with van der Waals surface area (Å²) in [5.41, 5.74) is 4.54. The van der Waals surface area contributed by atoms with Gasteiger partial charge in [0.25, 0.3) is 5.91 Å². The number of aromatic nitrogens is 1. The van der Waals surface area contributed by atoms with Crippen LogP contribution in [-0.4, -0.2) is 16.7 Å². The number of amides is 1. The first-order chi connectivity index (χ1) is 13.7. The maximum absolute atomic E-state index is 12.6. The number of Topliss-reactive ketones (excluding diaryl/α,β-unsaturated/α-hetero) is 1. The molecule has 2 N–H and O–H groups in total. The van der Waals surface area contributed by atoms with Crippen molar-refractivity contribution in [3.05, 3.63) is 83.7 Å². The Balaban J connectivity index is 1.73. The summed E-state index contributed by atoms with van der Waals surface area (Å²) in [6, 6.07) is 16.8. The van der Waals surface area contributed by atoms with Crippen LogP contribution in [0.4, 0.5) is 17.1 Å². The van der Waals surface area contributed by atoms with Gasteiger partial charge in [-0.3, -0.25) is 14.6 Å². The quantitative estimate of drug-likeness (QED) is 0.561. The molecule has 0 radical (unpaired) electrons. The van der Waals surface area contributed by atoms with Gasteiger partial charge in [0, 0.05) is 23.1 Å². The first kappa shape index (κ1) is 20.3. The second-order valence-corrected chi connectivity index (χ2v) is 8.01. The van der Waals surface area contributed by atoms with Gasteiger partial charge in [-0.1, -0.05) is 45.0 Å². The number of ketones is 1. The van der Waals surface area contributed by atoms with Crippen LogP contribution in [0, 0.1) is 0 Å². The molecule has 0 atom stereocenters. The summed E-state index contributed by atoms with van der Waals surface area (Å²) in [6.07, 6.45) is 3.18. The minimum absolute atomic E-state index is 0.0496. The molecular weight excluding hydrogens is 362 g/mol. The van der Waals surface area contributed by atoms with E-state index in [2.05, 4.69) is 48.5 Å². The number of anilines is 3. The molecule has 0 aliphatic heterocycles. The Morgan fingerprint density at radius 3 is 2.17 bits per heavy atom. The molecule has 3 aromatic rings. The van der Waals surface area contributed by atoms with Crippen molar-refractivity contribution in [3.63, 3.8) is 0 Å². The van der Waals surface area contributed by atoms with Crippen molar-refractivity contribution in [2.45, 2.75) is 33.1 Å². The maximum Gasteiger partial charge on any atom is 0.257 e. The molecule has 1 amide bonds. The summed E-state index contributed by atoms with van der Waals surface area (Å²) in [6.45, 7) is 8.02. The lowest BCUT2D eigenvalue weighted by Gasteiger charge is -2.19. The number of carbonyl (C=O) groups excluding carboxylic acids is 2. The lowest BCUT2D eigenvalue weighted by atomic mass is 9.87. The van der Waals surface area contributed by atoms with E-state index in [9.17, 15) is 9.59 Å². The molecule has 0 bridgehead atoms. The molecule has 1 aromatic heterocycles. The van der Waals surface area contributed by atoms with Crippen molar-refractivity contribution < 1.29 is 9.59 Å². The molecular formula is C24H25N3O2. The van der Waals surface area contributed by atoms with Crippen molar-refractivity contribution >= 4 is 28.8 Å². The first-order valence-electron chi connectivity index (χ1n) is 9.47. The summed E-state index contributed by atoms with van der Waals surface area (Å²) in [4.78, 5) is 28.3. The zero-order valence-corrected chi connectivity index (χ0v) is 17.1. The van der Waals surface area contributed by atoms with Crippen molar-refractivity contribution in [3.8, 4) is 0 Å². The third-order valence-electron chi connectivity index (χ3n) is 4.57. The second kappa shape index (κ2) is 8.27. The lowest BCUT2D eigenvalue weighted by molar-refractivity contribution is 0.101. The number of rotatable bonds is 5. The van der Waals surface area contributed by atoms with Gasteiger partial charge in [0.1, 0.15) is 0 Å². The molecule has 3 rings (SSSR count). The molecule has 0 saturated carbocycles. The topological polar surface area (TPSA) is 71.1 Å². The Hall–Kier alpha value is -3.47. The first-order valence-corrected chi connectivity index (χ1v) is 9.47. The monoisotopic (exact) mass is 387 g/mol. The summed E-state index contributed by atoms with van der Waals surface area (Å²) < 4.78 is 0. The molecule has 0 unspecified atom stereocenters. The molecule has 0 aliphatic carbocycles. The Morgan fingerprint density at radius 2 is 1.52 bits per heavy atom. The minimum atomic E-state index is -0.287. The number of nitrogens with one attached hydrogen (secondary N) is 2. The van der Waals surface area contributed by atoms with E-state index in [-0.39, 0.29) is 17.1 Å². The van der Waals surface area contributed by atoms with Gasteiger partial charge >= 0.3 is 0 Å². The zero-order chi connectivity index (χ0) is 21.0. The fourth-order valence-corrected chi connectivity index (χ4v) is 2.87. The molecule has 1 heterocycles. The minimum Gasteiger partial charge on any atom is -0.354 e. The summed E-state index contributed by atoms with van der Waals surface area (Å²) >= 11 is 0. The van der Waals surface area contributed by atoms with Crippen LogP contribution in [-0.2, 0) is 5.41 Å². The average Bonchev–Trinajstić information content (AvgIpc) is 2.68. The molecule has 0 aliphatic rings. The Morgan fingerprint density at radius 1 is 0.828 bits per heavy atom. The molecule has 148 valence electrons. The fraction of sp³-hybridized carbons (Fsp3) is 0.208. The van der Waals surface area contributed by atoms with Crippen LogP contribution in [0.1, 0.15) is 54.0 Å². The van der Waals surface area contributed by atoms with E-state index in [1.807, 2.05) is 12.1 Å². The summed E-state index contributed by atoms with van der Waals surface area (Å²) in [5.74, 6) is -0.337. The van der Waals surface area contributed by atoms with Crippen LogP contribution in [0.15, 0.2) is 67.0 Å². The van der Waals surface area contributed by atoms with Gasteiger partial charge in [-0.15, -0.1) is 0 Å². The van der Waals surface area contributed by atoms with Gasteiger partial charge < -0.3 is 10.6 Å². The van der Waals surface area contributed by atoms with E-state index < -0.39 is 0 Å². The van der Waals surface area contributed by atoms with Crippen molar-refractivity contribution in [2.24, 2.45) is 0 Å². The van der Waals surface area contributed by atoms with Gasteiger partial charge in [0.05, 0.1) is 17.4 Å². The third-order valence-corrected chi connectivity index (χ3v) is 4.57. The average molecular weight is 387 g/mol.